The van der Waals surface area contributed by atoms with E-state index in [0.717, 1.165) is 44.9 Å². The zero-order valence-corrected chi connectivity index (χ0v) is 29.9. The summed E-state index contributed by atoms with van der Waals surface area (Å²) in [6.07, 6.45) is 42.3. The lowest BCUT2D eigenvalue weighted by Crippen LogP contribution is -2.28. The number of hydrogen-bond acceptors (Lipinski definition) is 5. The van der Waals surface area contributed by atoms with Crippen molar-refractivity contribution in [3.63, 3.8) is 0 Å². The number of aliphatic hydroxyl groups is 1. The Balaban J connectivity index is 3.53. The third-order valence-corrected chi connectivity index (χ3v) is 8.50. The molecule has 0 unspecified atom stereocenters. The van der Waals surface area contributed by atoms with E-state index in [4.69, 9.17) is 9.47 Å². The lowest BCUT2D eigenvalue weighted by atomic mass is 10.0. The van der Waals surface area contributed by atoms with Gasteiger partial charge in [0.05, 0.1) is 6.61 Å². The summed E-state index contributed by atoms with van der Waals surface area (Å²) in [5, 5.41) is 9.53. The van der Waals surface area contributed by atoms with E-state index < -0.39 is 6.10 Å². The Labute approximate surface area is 279 Å². The van der Waals surface area contributed by atoms with Gasteiger partial charge in [0.25, 0.3) is 0 Å². The lowest BCUT2D eigenvalue weighted by molar-refractivity contribution is -0.161. The molecule has 0 rings (SSSR count). The summed E-state index contributed by atoms with van der Waals surface area (Å²) in [5.41, 5.74) is 0. The Morgan fingerprint density at radius 1 is 0.511 bits per heavy atom. The fourth-order valence-corrected chi connectivity index (χ4v) is 5.53. The maximum Gasteiger partial charge on any atom is 0.306 e. The molecule has 264 valence electrons. The largest absolute Gasteiger partial charge is 0.462 e. The number of aliphatic hydroxyl groups excluding tert-OH is 1. The van der Waals surface area contributed by atoms with Crippen molar-refractivity contribution < 1.29 is 24.2 Å². The highest BCUT2D eigenvalue weighted by Crippen LogP contribution is 2.14. The van der Waals surface area contributed by atoms with Gasteiger partial charge in [0.2, 0.25) is 0 Å². The third-order valence-electron chi connectivity index (χ3n) is 8.50. The third kappa shape index (κ3) is 35.1. The van der Waals surface area contributed by atoms with Crippen molar-refractivity contribution in [2.24, 2.45) is 0 Å². The first kappa shape index (κ1) is 43.4. The average Bonchev–Trinajstić information content (AvgIpc) is 3.04. The van der Waals surface area contributed by atoms with Gasteiger partial charge < -0.3 is 14.6 Å². The topological polar surface area (TPSA) is 72.8 Å². The number of allylic oxidation sites excluding steroid dienone is 4. The fraction of sp³-hybridized carbons (Fsp3) is 0.850. The molecule has 0 aliphatic carbocycles. The van der Waals surface area contributed by atoms with E-state index in [1.54, 1.807) is 0 Å². The van der Waals surface area contributed by atoms with E-state index in [2.05, 4.69) is 38.2 Å². The normalized spacial score (nSPS) is 12.3. The molecule has 0 aliphatic heterocycles. The molecule has 1 atom stereocenters. The smallest absolute Gasteiger partial charge is 0.306 e. The Bertz CT molecular complexity index is 686. The van der Waals surface area contributed by atoms with Gasteiger partial charge in [0.15, 0.2) is 6.10 Å². The van der Waals surface area contributed by atoms with Gasteiger partial charge >= 0.3 is 11.9 Å². The summed E-state index contributed by atoms with van der Waals surface area (Å²) < 4.78 is 10.6. The zero-order chi connectivity index (χ0) is 32.9. The molecule has 0 aromatic rings. The minimum atomic E-state index is -0.767. The number of ether oxygens (including phenoxy) is 2. The maximum atomic E-state index is 12.1. The van der Waals surface area contributed by atoms with Crippen LogP contribution >= 0.6 is 0 Å². The van der Waals surface area contributed by atoms with Crippen LogP contribution in [0, 0.1) is 0 Å². The molecule has 0 saturated carbocycles. The number of carbonyl (C=O) groups excluding carboxylic acids is 2. The Hall–Kier alpha value is -1.62. The van der Waals surface area contributed by atoms with Crippen LogP contribution in [0.15, 0.2) is 24.3 Å². The molecule has 5 heteroatoms. The predicted molar refractivity (Wildman–Crippen MR) is 191 cm³/mol. The van der Waals surface area contributed by atoms with Crippen LogP contribution in [0.5, 0.6) is 0 Å². The maximum absolute atomic E-state index is 12.1. The monoisotopic (exact) mass is 635 g/mol. The van der Waals surface area contributed by atoms with Crippen LogP contribution in [0.25, 0.3) is 0 Å². The van der Waals surface area contributed by atoms with Gasteiger partial charge in [-0.05, 0) is 44.9 Å². The van der Waals surface area contributed by atoms with Crippen LogP contribution in [0.1, 0.15) is 200 Å². The quantitative estimate of drug-likeness (QED) is 0.0426. The number of rotatable bonds is 35. The molecule has 0 bridgehead atoms. The SMILES string of the molecule is CCCCC/C=C\C/C=C\CCCCCCCCCCCC(=O)OC[C@H](CO)OC(=O)CCCCCCCCCCCCCC. The number of unbranched alkanes of at least 4 members (excludes halogenated alkanes) is 23. The molecular formula is C40H74O5. The average molecular weight is 635 g/mol. The molecule has 0 fully saturated rings. The van der Waals surface area contributed by atoms with Crippen LogP contribution in [0.2, 0.25) is 0 Å². The van der Waals surface area contributed by atoms with Gasteiger partial charge in [-0.1, -0.05) is 167 Å². The highest BCUT2D eigenvalue weighted by Gasteiger charge is 2.16. The zero-order valence-electron chi connectivity index (χ0n) is 29.9. The molecule has 45 heavy (non-hydrogen) atoms. The minimum absolute atomic E-state index is 0.0640. The molecule has 0 radical (unpaired) electrons. The van der Waals surface area contributed by atoms with Crippen molar-refractivity contribution in [3.05, 3.63) is 24.3 Å². The van der Waals surface area contributed by atoms with Crippen molar-refractivity contribution in [1.82, 2.24) is 0 Å². The van der Waals surface area contributed by atoms with Crippen LogP contribution in [0.3, 0.4) is 0 Å². The Kier molecular flexibility index (Phi) is 35.5. The summed E-state index contributed by atoms with van der Waals surface area (Å²) in [6, 6.07) is 0. The lowest BCUT2D eigenvalue weighted by Gasteiger charge is -2.15. The van der Waals surface area contributed by atoms with Crippen LogP contribution in [0.4, 0.5) is 0 Å². The highest BCUT2D eigenvalue weighted by molar-refractivity contribution is 5.70. The minimum Gasteiger partial charge on any atom is -0.462 e. The molecule has 0 saturated heterocycles. The summed E-state index contributed by atoms with van der Waals surface area (Å²) >= 11 is 0. The van der Waals surface area contributed by atoms with Crippen LogP contribution in [-0.4, -0.2) is 36.4 Å². The van der Waals surface area contributed by atoms with Crippen molar-refractivity contribution in [1.29, 1.82) is 0 Å². The Morgan fingerprint density at radius 2 is 0.889 bits per heavy atom. The van der Waals surface area contributed by atoms with E-state index in [1.807, 2.05) is 0 Å². The first-order valence-electron chi connectivity index (χ1n) is 19.4. The molecule has 5 nitrogen and oxygen atoms in total. The second-order valence-corrected chi connectivity index (χ2v) is 13.0. The molecule has 0 aromatic heterocycles. The molecule has 0 spiro atoms. The summed E-state index contributed by atoms with van der Waals surface area (Å²) in [6.45, 7) is 4.11. The van der Waals surface area contributed by atoms with Gasteiger partial charge in [-0.3, -0.25) is 9.59 Å². The summed E-state index contributed by atoms with van der Waals surface area (Å²) in [7, 11) is 0. The molecule has 0 amide bonds. The van der Waals surface area contributed by atoms with Gasteiger partial charge in [0, 0.05) is 12.8 Å². The van der Waals surface area contributed by atoms with Crippen LogP contribution in [-0.2, 0) is 19.1 Å². The molecule has 1 N–H and O–H groups in total. The number of esters is 2. The number of carbonyl (C=O) groups is 2. The van der Waals surface area contributed by atoms with E-state index >= 15 is 0 Å². The van der Waals surface area contributed by atoms with Gasteiger partial charge in [-0.25, -0.2) is 0 Å². The Morgan fingerprint density at radius 3 is 1.36 bits per heavy atom. The van der Waals surface area contributed by atoms with Crippen molar-refractivity contribution in [2.45, 2.75) is 206 Å². The predicted octanol–water partition coefficient (Wildman–Crippen LogP) is 11.9. The summed E-state index contributed by atoms with van der Waals surface area (Å²) in [5.74, 6) is -0.590. The molecule has 0 aromatic carbocycles. The highest BCUT2D eigenvalue weighted by atomic mass is 16.6. The molecule has 0 aliphatic rings. The molecule has 0 heterocycles. The first-order valence-corrected chi connectivity index (χ1v) is 19.4. The van der Waals surface area contributed by atoms with Crippen molar-refractivity contribution in [3.8, 4) is 0 Å². The van der Waals surface area contributed by atoms with Crippen molar-refractivity contribution in [2.75, 3.05) is 13.2 Å². The standard InChI is InChI=1S/C40H74O5/c1-3-5-7-9-11-13-15-17-18-19-20-21-22-23-25-26-28-30-32-34-39(42)44-37-38(36-41)45-40(43)35-33-31-29-27-24-16-14-12-10-8-6-4-2/h11,13,17-18,38,41H,3-10,12,14-16,19-37H2,1-2H3/b13-11-,18-17-/t38-/m0/s1. The van der Waals surface area contributed by atoms with Gasteiger partial charge in [-0.15, -0.1) is 0 Å². The number of hydrogen-bond donors (Lipinski definition) is 1. The fourth-order valence-electron chi connectivity index (χ4n) is 5.53. The summed E-state index contributed by atoms with van der Waals surface area (Å²) in [4.78, 5) is 24.2. The van der Waals surface area contributed by atoms with Gasteiger partial charge in [-0.2, -0.15) is 0 Å². The van der Waals surface area contributed by atoms with Crippen LogP contribution < -0.4 is 0 Å². The van der Waals surface area contributed by atoms with E-state index in [1.165, 1.54) is 128 Å². The second kappa shape index (κ2) is 36.8. The van der Waals surface area contributed by atoms with E-state index in [-0.39, 0.29) is 25.2 Å². The molecular weight excluding hydrogens is 560 g/mol. The van der Waals surface area contributed by atoms with E-state index in [9.17, 15) is 14.7 Å². The van der Waals surface area contributed by atoms with Gasteiger partial charge in [0.1, 0.15) is 6.61 Å². The van der Waals surface area contributed by atoms with E-state index in [0.29, 0.717) is 12.8 Å². The first-order chi connectivity index (χ1) is 22.1. The second-order valence-electron chi connectivity index (χ2n) is 13.0. The van der Waals surface area contributed by atoms with Crippen molar-refractivity contribution >= 4 is 11.9 Å².